The molecule has 8 nitrogen and oxygen atoms in total. The molecule has 0 radical (unpaired) electrons. The Morgan fingerprint density at radius 1 is 1.16 bits per heavy atom. The number of hydrogen-bond acceptors (Lipinski definition) is 7. The molecule has 1 aliphatic rings. The highest BCUT2D eigenvalue weighted by Crippen LogP contribution is 2.23. The van der Waals surface area contributed by atoms with E-state index in [9.17, 15) is 17.6 Å². The number of carbonyl (C=O) groups is 1. The molecule has 1 heterocycles. The SMILES string of the molecule is CC(c1ccc(NC2=CC(NCc3cccc(F)c3)=C(C(N)=O)NN2)cc1)S(C)(=O)=O. The molecule has 0 bridgehead atoms. The van der Waals surface area contributed by atoms with Crippen molar-refractivity contribution in [1.82, 2.24) is 16.2 Å². The Labute approximate surface area is 180 Å². The van der Waals surface area contributed by atoms with Crippen molar-refractivity contribution in [3.05, 3.63) is 88.8 Å². The van der Waals surface area contributed by atoms with Crippen LogP contribution in [0.15, 0.2) is 71.8 Å². The predicted molar refractivity (Wildman–Crippen MR) is 117 cm³/mol. The van der Waals surface area contributed by atoms with Crippen LogP contribution in [0.1, 0.15) is 23.3 Å². The lowest BCUT2D eigenvalue weighted by Crippen LogP contribution is -2.43. The first-order valence-electron chi connectivity index (χ1n) is 9.45. The lowest BCUT2D eigenvalue weighted by Gasteiger charge is -2.24. The van der Waals surface area contributed by atoms with Crippen LogP contribution in [-0.2, 0) is 21.2 Å². The summed E-state index contributed by atoms with van der Waals surface area (Å²) in [5.41, 5.74) is 13.7. The van der Waals surface area contributed by atoms with E-state index in [1.54, 1.807) is 49.4 Å². The summed E-state index contributed by atoms with van der Waals surface area (Å²) in [7, 11) is -3.19. The van der Waals surface area contributed by atoms with Gasteiger partial charge < -0.3 is 16.4 Å². The molecular formula is C21H24FN5O3S. The Balaban J connectivity index is 1.75. The molecule has 1 atom stereocenters. The summed E-state index contributed by atoms with van der Waals surface area (Å²) >= 11 is 0. The Morgan fingerprint density at radius 3 is 2.48 bits per heavy atom. The number of rotatable bonds is 8. The number of amides is 1. The molecule has 0 spiro atoms. The average Bonchev–Trinajstić information content (AvgIpc) is 2.71. The number of benzene rings is 2. The van der Waals surface area contributed by atoms with Gasteiger partial charge >= 0.3 is 0 Å². The Kier molecular flexibility index (Phi) is 6.50. The Bertz CT molecular complexity index is 1140. The molecule has 2 aromatic carbocycles. The smallest absolute Gasteiger partial charge is 0.268 e. The van der Waals surface area contributed by atoms with Crippen LogP contribution in [0.5, 0.6) is 0 Å². The lowest BCUT2D eigenvalue weighted by molar-refractivity contribution is -0.115. The van der Waals surface area contributed by atoms with Crippen molar-refractivity contribution in [3.63, 3.8) is 0 Å². The van der Waals surface area contributed by atoms with E-state index in [-0.39, 0.29) is 18.1 Å². The molecule has 31 heavy (non-hydrogen) atoms. The molecular weight excluding hydrogens is 421 g/mol. The number of sulfone groups is 1. The molecule has 10 heteroatoms. The number of primary amides is 1. The van der Waals surface area contributed by atoms with Crippen molar-refractivity contribution < 1.29 is 17.6 Å². The summed E-state index contributed by atoms with van der Waals surface area (Å²) in [5, 5.41) is 5.61. The highest BCUT2D eigenvalue weighted by molar-refractivity contribution is 7.90. The van der Waals surface area contributed by atoms with Crippen LogP contribution in [0, 0.1) is 5.82 Å². The summed E-state index contributed by atoms with van der Waals surface area (Å²) in [6.45, 7) is 1.92. The van der Waals surface area contributed by atoms with Crippen molar-refractivity contribution >= 4 is 21.4 Å². The van der Waals surface area contributed by atoms with Gasteiger partial charge in [0.05, 0.1) is 10.9 Å². The first kappa shape index (κ1) is 22.2. The van der Waals surface area contributed by atoms with Crippen LogP contribution in [0.2, 0.25) is 0 Å². The molecule has 164 valence electrons. The maximum absolute atomic E-state index is 13.4. The van der Waals surface area contributed by atoms with Gasteiger partial charge in [0.25, 0.3) is 5.91 Å². The summed E-state index contributed by atoms with van der Waals surface area (Å²) in [5.74, 6) is -0.488. The fourth-order valence-corrected chi connectivity index (χ4v) is 3.59. The van der Waals surface area contributed by atoms with E-state index in [2.05, 4.69) is 21.5 Å². The van der Waals surface area contributed by atoms with E-state index < -0.39 is 21.0 Å². The molecule has 0 fully saturated rings. The summed E-state index contributed by atoms with van der Waals surface area (Å²) in [4.78, 5) is 11.7. The molecule has 6 N–H and O–H groups in total. The summed E-state index contributed by atoms with van der Waals surface area (Å²) < 4.78 is 36.8. The molecule has 1 unspecified atom stereocenters. The third-order valence-corrected chi connectivity index (χ3v) is 6.36. The largest absolute Gasteiger partial charge is 0.379 e. The van der Waals surface area contributed by atoms with E-state index in [0.717, 1.165) is 0 Å². The van der Waals surface area contributed by atoms with Gasteiger partial charge in [-0.15, -0.1) is 0 Å². The van der Waals surface area contributed by atoms with E-state index in [4.69, 9.17) is 5.73 Å². The van der Waals surface area contributed by atoms with Gasteiger partial charge in [0.15, 0.2) is 9.84 Å². The second-order valence-electron chi connectivity index (χ2n) is 7.16. The molecule has 2 aromatic rings. The minimum atomic E-state index is -3.19. The molecule has 0 aromatic heterocycles. The number of allylic oxidation sites excluding steroid dienone is 1. The third kappa shape index (κ3) is 5.76. The first-order chi connectivity index (χ1) is 14.6. The minimum Gasteiger partial charge on any atom is -0.379 e. The number of hydrazine groups is 1. The zero-order chi connectivity index (χ0) is 22.6. The number of halogens is 1. The lowest BCUT2D eigenvalue weighted by atomic mass is 10.1. The summed E-state index contributed by atoms with van der Waals surface area (Å²) in [6.07, 6.45) is 2.86. The van der Waals surface area contributed by atoms with Crippen molar-refractivity contribution in [1.29, 1.82) is 0 Å². The quantitative estimate of drug-likeness (QED) is 0.419. The third-order valence-electron chi connectivity index (χ3n) is 4.80. The highest BCUT2D eigenvalue weighted by atomic mass is 32.2. The van der Waals surface area contributed by atoms with Gasteiger partial charge in [-0.2, -0.15) is 0 Å². The number of carbonyl (C=O) groups excluding carboxylic acids is 1. The van der Waals surface area contributed by atoms with Gasteiger partial charge in [0.1, 0.15) is 17.3 Å². The van der Waals surface area contributed by atoms with E-state index >= 15 is 0 Å². The topological polar surface area (TPSA) is 125 Å². The van der Waals surface area contributed by atoms with Crippen LogP contribution in [0.25, 0.3) is 0 Å². The van der Waals surface area contributed by atoms with Gasteiger partial charge in [-0.25, -0.2) is 12.8 Å². The highest BCUT2D eigenvalue weighted by Gasteiger charge is 2.19. The van der Waals surface area contributed by atoms with Crippen LogP contribution >= 0.6 is 0 Å². The second-order valence-corrected chi connectivity index (χ2v) is 9.53. The van der Waals surface area contributed by atoms with E-state index in [1.807, 2.05) is 0 Å². The summed E-state index contributed by atoms with van der Waals surface area (Å²) in [6, 6.07) is 13.1. The van der Waals surface area contributed by atoms with Crippen molar-refractivity contribution in [2.75, 3.05) is 11.6 Å². The number of hydrogen-bond donors (Lipinski definition) is 5. The first-order valence-corrected chi connectivity index (χ1v) is 11.4. The Morgan fingerprint density at radius 2 is 1.87 bits per heavy atom. The van der Waals surface area contributed by atoms with Crippen LogP contribution in [-0.4, -0.2) is 20.6 Å². The van der Waals surface area contributed by atoms with Crippen LogP contribution in [0.3, 0.4) is 0 Å². The maximum atomic E-state index is 13.4. The molecule has 0 saturated heterocycles. The molecule has 1 amide bonds. The maximum Gasteiger partial charge on any atom is 0.268 e. The van der Waals surface area contributed by atoms with Gasteiger partial charge in [-0.3, -0.25) is 15.6 Å². The molecule has 0 saturated carbocycles. The fraction of sp³-hybridized carbons (Fsp3) is 0.190. The monoisotopic (exact) mass is 445 g/mol. The average molecular weight is 446 g/mol. The zero-order valence-electron chi connectivity index (χ0n) is 17.1. The normalized spacial score (nSPS) is 14.7. The fourth-order valence-electron chi connectivity index (χ4n) is 2.94. The van der Waals surface area contributed by atoms with Gasteiger partial charge in [-0.05, 0) is 42.3 Å². The second kappa shape index (κ2) is 9.09. The Hall–Kier alpha value is -3.53. The standard InChI is InChI=1S/C21H24FN5O3S/c1-13(31(2,29)30)15-6-8-17(9-7-15)25-19-11-18(20(21(23)28)27-26-19)24-12-14-4-3-5-16(22)10-14/h3-11,13,24-27H,12H2,1-2H3,(H2,23,28). The van der Waals surface area contributed by atoms with E-state index in [1.165, 1.54) is 18.4 Å². The van der Waals surface area contributed by atoms with Crippen molar-refractivity contribution in [2.45, 2.75) is 18.7 Å². The van der Waals surface area contributed by atoms with Gasteiger partial charge in [-0.1, -0.05) is 24.3 Å². The molecule has 3 rings (SSSR count). The number of anilines is 1. The number of nitrogens with one attached hydrogen (secondary N) is 4. The van der Waals surface area contributed by atoms with Crippen molar-refractivity contribution in [2.24, 2.45) is 5.73 Å². The van der Waals surface area contributed by atoms with Crippen LogP contribution in [0.4, 0.5) is 10.1 Å². The van der Waals surface area contributed by atoms with Crippen LogP contribution < -0.4 is 27.2 Å². The molecule has 0 aliphatic carbocycles. The minimum absolute atomic E-state index is 0.138. The zero-order valence-corrected chi connectivity index (χ0v) is 17.9. The predicted octanol–water partition coefficient (Wildman–Crippen LogP) is 1.78. The number of nitrogens with two attached hydrogens (primary N) is 1. The van der Waals surface area contributed by atoms with Crippen molar-refractivity contribution in [3.8, 4) is 0 Å². The van der Waals surface area contributed by atoms with E-state index in [0.29, 0.717) is 28.3 Å². The van der Waals surface area contributed by atoms with Gasteiger partial charge in [0.2, 0.25) is 0 Å². The van der Waals surface area contributed by atoms with Gasteiger partial charge in [0, 0.05) is 24.6 Å². The molecule has 1 aliphatic heterocycles.